The SMILES string of the molecule is O=S(O)(=S)C(F)(F)F. The van der Waals surface area contributed by atoms with Gasteiger partial charge in [-0.3, -0.25) is 4.55 Å². The molecule has 50 valence electrons. The van der Waals surface area contributed by atoms with Gasteiger partial charge < -0.3 is 0 Å². The van der Waals surface area contributed by atoms with Crippen LogP contribution in [-0.4, -0.2) is 14.3 Å². The number of alkyl halides is 3. The molecule has 0 saturated heterocycles. The molecule has 0 rings (SSSR count). The van der Waals surface area contributed by atoms with Crippen LogP contribution >= 0.6 is 0 Å². The topological polar surface area (TPSA) is 37.3 Å². The van der Waals surface area contributed by atoms with Gasteiger partial charge >= 0.3 is 5.51 Å². The summed E-state index contributed by atoms with van der Waals surface area (Å²) in [6.07, 6.45) is 0. The van der Waals surface area contributed by atoms with Crippen molar-refractivity contribution in [3.05, 3.63) is 0 Å². The average molecular weight is 166 g/mol. The summed E-state index contributed by atoms with van der Waals surface area (Å²) in [7, 11) is -5.01. The van der Waals surface area contributed by atoms with E-state index in [-0.39, 0.29) is 0 Å². The summed E-state index contributed by atoms with van der Waals surface area (Å²) in [5, 5.41) is 0. The fourth-order valence-electron chi connectivity index (χ4n) is 0. The molecule has 2 nitrogen and oxygen atoms in total. The van der Waals surface area contributed by atoms with Gasteiger partial charge in [0, 0.05) is 11.2 Å². The lowest BCUT2D eigenvalue weighted by atomic mass is 11.6. The lowest BCUT2D eigenvalue weighted by Gasteiger charge is -2.00. The van der Waals surface area contributed by atoms with Crippen LogP contribution in [0.3, 0.4) is 0 Å². The standard InChI is InChI=1S/CHF3O2S2/c2-1(3,4)8(5,6)7/h(H,5,6,7). The van der Waals surface area contributed by atoms with Gasteiger partial charge in [-0.05, 0) is 0 Å². The summed E-state index contributed by atoms with van der Waals surface area (Å²) in [5.74, 6) is 0. The average Bonchev–Trinajstić information content (AvgIpc) is 1.25. The third kappa shape index (κ3) is 1.93. The molecule has 0 heterocycles. The van der Waals surface area contributed by atoms with Crippen molar-refractivity contribution in [2.45, 2.75) is 5.51 Å². The molecule has 0 aromatic heterocycles. The molecule has 0 amide bonds. The second-order valence-corrected chi connectivity index (χ2v) is 3.69. The Bertz CT molecular complexity index is 164. The Labute approximate surface area is 48.2 Å². The maximum absolute atomic E-state index is 10.9. The normalized spacial score (nSPS) is 20.0. The minimum Gasteiger partial charge on any atom is -0.299 e. The van der Waals surface area contributed by atoms with Crippen LogP contribution in [0.15, 0.2) is 0 Å². The monoisotopic (exact) mass is 166 g/mol. The Morgan fingerprint density at radius 1 is 1.50 bits per heavy atom. The van der Waals surface area contributed by atoms with E-state index >= 15 is 0 Å². The van der Waals surface area contributed by atoms with Crippen molar-refractivity contribution < 1.29 is 21.9 Å². The molecule has 0 fully saturated rings. The van der Waals surface area contributed by atoms with Crippen LogP contribution in [0.1, 0.15) is 0 Å². The van der Waals surface area contributed by atoms with E-state index in [4.69, 9.17) is 4.55 Å². The zero-order valence-electron chi connectivity index (χ0n) is 3.31. The molecule has 0 aromatic rings. The lowest BCUT2D eigenvalue weighted by molar-refractivity contribution is -0.0452. The first-order valence-corrected chi connectivity index (χ1v) is 3.73. The van der Waals surface area contributed by atoms with Crippen LogP contribution in [0.5, 0.6) is 0 Å². The zero-order valence-corrected chi connectivity index (χ0v) is 4.94. The van der Waals surface area contributed by atoms with Crippen LogP contribution in [0.2, 0.25) is 0 Å². The summed E-state index contributed by atoms with van der Waals surface area (Å²) in [6, 6.07) is 0. The second kappa shape index (κ2) is 1.82. The summed E-state index contributed by atoms with van der Waals surface area (Å²) in [5.41, 5.74) is -5.16. The van der Waals surface area contributed by atoms with E-state index in [0.29, 0.717) is 0 Å². The molecule has 0 bridgehead atoms. The number of hydrogen-bond donors (Lipinski definition) is 1. The molecular weight excluding hydrogens is 165 g/mol. The Kier molecular flexibility index (Phi) is 1.84. The molecule has 0 aliphatic rings. The van der Waals surface area contributed by atoms with Gasteiger partial charge in [0.25, 0.3) is 0 Å². The van der Waals surface area contributed by atoms with Gasteiger partial charge in [0.15, 0.2) is 0 Å². The van der Waals surface area contributed by atoms with Crippen molar-refractivity contribution in [1.29, 1.82) is 0 Å². The fourth-order valence-corrected chi connectivity index (χ4v) is 0. The first-order chi connectivity index (χ1) is 3.25. The molecule has 0 aromatic carbocycles. The first-order valence-electron chi connectivity index (χ1n) is 1.29. The van der Waals surface area contributed by atoms with Gasteiger partial charge in [-0.1, -0.05) is 0 Å². The molecule has 1 N–H and O–H groups in total. The summed E-state index contributed by atoms with van der Waals surface area (Å²) >= 11 is 3.18. The first kappa shape index (κ1) is 8.12. The van der Waals surface area contributed by atoms with E-state index in [2.05, 4.69) is 11.2 Å². The molecule has 0 saturated carbocycles. The maximum Gasteiger partial charge on any atom is 0.497 e. The van der Waals surface area contributed by atoms with Crippen LogP contribution in [0.25, 0.3) is 0 Å². The van der Waals surface area contributed by atoms with Crippen molar-refractivity contribution in [3.8, 4) is 0 Å². The quantitative estimate of drug-likeness (QED) is 0.576. The van der Waals surface area contributed by atoms with Gasteiger partial charge in [0.1, 0.15) is 0 Å². The Morgan fingerprint density at radius 2 is 1.62 bits per heavy atom. The van der Waals surface area contributed by atoms with Gasteiger partial charge in [-0.25, -0.2) is 4.21 Å². The Balaban J connectivity index is 4.53. The van der Waals surface area contributed by atoms with Crippen LogP contribution in [0, 0.1) is 0 Å². The van der Waals surface area contributed by atoms with Crippen molar-refractivity contribution in [3.63, 3.8) is 0 Å². The predicted molar refractivity (Wildman–Crippen MR) is 24.2 cm³/mol. The Morgan fingerprint density at radius 3 is 1.62 bits per heavy atom. The second-order valence-electron chi connectivity index (χ2n) is 0.921. The highest BCUT2D eigenvalue weighted by Crippen LogP contribution is 2.21. The molecule has 8 heavy (non-hydrogen) atoms. The number of rotatable bonds is 0. The van der Waals surface area contributed by atoms with E-state index in [0.717, 1.165) is 0 Å². The third-order valence-corrected chi connectivity index (χ3v) is 1.44. The van der Waals surface area contributed by atoms with Gasteiger partial charge in [-0.2, -0.15) is 13.2 Å². The van der Waals surface area contributed by atoms with Crippen molar-refractivity contribution in [2.24, 2.45) is 0 Å². The molecule has 7 heteroatoms. The summed E-state index contributed by atoms with van der Waals surface area (Å²) < 4.78 is 49.8. The lowest BCUT2D eigenvalue weighted by Crippen LogP contribution is -2.20. The number of hydrogen-bond acceptors (Lipinski definition) is 2. The van der Waals surface area contributed by atoms with E-state index in [9.17, 15) is 17.4 Å². The van der Waals surface area contributed by atoms with E-state index in [1.54, 1.807) is 0 Å². The van der Waals surface area contributed by atoms with Crippen LogP contribution in [0.4, 0.5) is 13.2 Å². The predicted octanol–water partition coefficient (Wildman–Crippen LogP) is 0.726. The van der Waals surface area contributed by atoms with E-state index in [1.807, 2.05) is 0 Å². The highest BCUT2D eigenvalue weighted by molar-refractivity contribution is 8.30. The van der Waals surface area contributed by atoms with Gasteiger partial charge in [0.05, 0.1) is 0 Å². The molecule has 0 spiro atoms. The maximum atomic E-state index is 10.9. The van der Waals surface area contributed by atoms with E-state index < -0.39 is 14.3 Å². The van der Waals surface area contributed by atoms with Gasteiger partial charge in [0.2, 0.25) is 8.77 Å². The highest BCUT2D eigenvalue weighted by atomic mass is 32.8. The Hall–Kier alpha value is 0.120. The van der Waals surface area contributed by atoms with Crippen LogP contribution < -0.4 is 0 Å². The van der Waals surface area contributed by atoms with Gasteiger partial charge in [-0.15, -0.1) is 0 Å². The zero-order chi connectivity index (χ0) is 7.00. The van der Waals surface area contributed by atoms with Crippen LogP contribution in [-0.2, 0) is 20.0 Å². The largest absolute Gasteiger partial charge is 0.497 e. The van der Waals surface area contributed by atoms with Crippen molar-refractivity contribution in [2.75, 3.05) is 0 Å². The summed E-state index contributed by atoms with van der Waals surface area (Å²) in [4.78, 5) is 0. The smallest absolute Gasteiger partial charge is 0.299 e. The minimum atomic E-state index is -5.16. The molecule has 1 unspecified atom stereocenters. The molecule has 0 aliphatic heterocycles. The highest BCUT2D eigenvalue weighted by Gasteiger charge is 2.40. The molecule has 0 radical (unpaired) electrons. The molecular formula is CHF3O2S2. The third-order valence-electron chi connectivity index (χ3n) is 0.292. The van der Waals surface area contributed by atoms with Crippen molar-refractivity contribution in [1.82, 2.24) is 0 Å². The number of halogens is 3. The van der Waals surface area contributed by atoms with E-state index in [1.165, 1.54) is 0 Å². The molecule has 0 aliphatic carbocycles. The molecule has 1 atom stereocenters. The minimum absolute atomic E-state index is 3.18. The van der Waals surface area contributed by atoms with Crippen molar-refractivity contribution >= 4 is 20.0 Å². The fraction of sp³-hybridized carbons (Fsp3) is 1.00. The summed E-state index contributed by atoms with van der Waals surface area (Å²) in [6.45, 7) is 0.